The highest BCUT2D eigenvalue weighted by molar-refractivity contribution is 7.89. The van der Waals surface area contributed by atoms with Crippen LogP contribution in [0.3, 0.4) is 0 Å². The van der Waals surface area contributed by atoms with Crippen molar-refractivity contribution in [3.63, 3.8) is 0 Å². The fraction of sp³-hybridized carbons (Fsp3) is 0.174. The molecule has 2 N–H and O–H groups in total. The van der Waals surface area contributed by atoms with E-state index in [0.29, 0.717) is 5.69 Å². The van der Waals surface area contributed by atoms with Gasteiger partial charge in [-0.1, -0.05) is 65.7 Å². The van der Waals surface area contributed by atoms with E-state index in [4.69, 9.17) is 0 Å². The number of aryl methyl sites for hydroxylation is 2. The quantitative estimate of drug-likeness (QED) is 0.610. The van der Waals surface area contributed by atoms with Crippen LogP contribution in [0.25, 0.3) is 0 Å². The first-order valence-corrected chi connectivity index (χ1v) is 10.8. The van der Waals surface area contributed by atoms with Gasteiger partial charge in [-0.05, 0) is 43.7 Å². The first-order chi connectivity index (χ1) is 13.8. The van der Waals surface area contributed by atoms with Gasteiger partial charge >= 0.3 is 0 Å². The second kappa shape index (κ2) is 9.03. The molecule has 29 heavy (non-hydrogen) atoms. The van der Waals surface area contributed by atoms with Gasteiger partial charge in [-0.2, -0.15) is 0 Å². The Morgan fingerprint density at radius 3 is 1.97 bits per heavy atom. The Bertz CT molecular complexity index is 1060. The van der Waals surface area contributed by atoms with Gasteiger partial charge in [0.2, 0.25) is 15.9 Å². The summed E-state index contributed by atoms with van der Waals surface area (Å²) in [6.45, 7) is 3.86. The van der Waals surface area contributed by atoms with Crippen molar-refractivity contribution in [3.8, 4) is 0 Å². The minimum absolute atomic E-state index is 0.0248. The van der Waals surface area contributed by atoms with Crippen molar-refractivity contribution in [2.24, 2.45) is 0 Å². The SMILES string of the molecule is Cc1ccc(NC(=O)C[C@H](NS(=O)(=O)c2ccc(C)cc2)c2ccccc2)cc1. The second-order valence-corrected chi connectivity index (χ2v) is 8.73. The molecule has 0 radical (unpaired) electrons. The fourth-order valence-electron chi connectivity index (χ4n) is 2.92. The van der Waals surface area contributed by atoms with Crippen LogP contribution in [0.5, 0.6) is 0 Å². The topological polar surface area (TPSA) is 75.3 Å². The monoisotopic (exact) mass is 408 g/mol. The molecule has 0 aliphatic rings. The summed E-state index contributed by atoms with van der Waals surface area (Å²) in [5.74, 6) is -0.269. The summed E-state index contributed by atoms with van der Waals surface area (Å²) in [5, 5.41) is 2.83. The third-order valence-electron chi connectivity index (χ3n) is 4.56. The van der Waals surface area contributed by atoms with E-state index in [1.807, 2.05) is 68.4 Å². The number of carbonyl (C=O) groups is 1. The number of rotatable bonds is 7. The number of sulfonamides is 1. The number of amides is 1. The van der Waals surface area contributed by atoms with Gasteiger partial charge in [0.05, 0.1) is 10.9 Å². The summed E-state index contributed by atoms with van der Waals surface area (Å²) >= 11 is 0. The first kappa shape index (κ1) is 20.8. The van der Waals surface area contributed by atoms with E-state index < -0.39 is 16.1 Å². The maximum Gasteiger partial charge on any atom is 0.241 e. The maximum absolute atomic E-state index is 12.9. The molecule has 0 heterocycles. The van der Waals surface area contributed by atoms with Gasteiger partial charge in [-0.15, -0.1) is 0 Å². The Kier molecular flexibility index (Phi) is 6.46. The Morgan fingerprint density at radius 2 is 1.38 bits per heavy atom. The van der Waals surface area contributed by atoms with Gasteiger partial charge in [0.15, 0.2) is 0 Å². The van der Waals surface area contributed by atoms with Crippen molar-refractivity contribution in [2.45, 2.75) is 31.2 Å². The average molecular weight is 409 g/mol. The van der Waals surface area contributed by atoms with Crippen molar-refractivity contribution >= 4 is 21.6 Å². The summed E-state index contributed by atoms with van der Waals surface area (Å²) in [5.41, 5.74) is 3.47. The Labute approximate surface area is 171 Å². The van der Waals surface area contributed by atoms with Crippen LogP contribution in [0.1, 0.15) is 29.2 Å². The van der Waals surface area contributed by atoms with Crippen LogP contribution in [0.2, 0.25) is 0 Å². The molecule has 0 fully saturated rings. The number of hydrogen-bond acceptors (Lipinski definition) is 3. The molecule has 150 valence electrons. The molecule has 3 rings (SSSR count). The number of carbonyl (C=O) groups excluding carboxylic acids is 1. The molecule has 3 aromatic rings. The molecule has 0 unspecified atom stereocenters. The lowest BCUT2D eigenvalue weighted by Crippen LogP contribution is -2.31. The molecule has 0 aliphatic heterocycles. The minimum Gasteiger partial charge on any atom is -0.326 e. The van der Waals surface area contributed by atoms with Crippen LogP contribution in [0.4, 0.5) is 5.69 Å². The third kappa shape index (κ3) is 5.76. The molecule has 0 saturated heterocycles. The van der Waals surface area contributed by atoms with Gasteiger partial charge in [0.1, 0.15) is 0 Å². The van der Waals surface area contributed by atoms with E-state index in [0.717, 1.165) is 16.7 Å². The predicted molar refractivity (Wildman–Crippen MR) is 115 cm³/mol. The summed E-state index contributed by atoms with van der Waals surface area (Å²) < 4.78 is 28.4. The van der Waals surface area contributed by atoms with Gasteiger partial charge in [-0.25, -0.2) is 13.1 Å². The molecule has 0 bridgehead atoms. The minimum atomic E-state index is -3.78. The first-order valence-electron chi connectivity index (χ1n) is 9.34. The Hall–Kier alpha value is -2.96. The molecular weight excluding hydrogens is 384 g/mol. The molecule has 0 aliphatic carbocycles. The number of benzene rings is 3. The van der Waals surface area contributed by atoms with E-state index in [9.17, 15) is 13.2 Å². The number of nitrogens with one attached hydrogen (secondary N) is 2. The zero-order valence-electron chi connectivity index (χ0n) is 16.4. The standard InChI is InChI=1S/C23H24N2O3S/c1-17-8-12-20(13-9-17)24-23(26)16-22(19-6-4-3-5-7-19)25-29(27,28)21-14-10-18(2)11-15-21/h3-15,22,25H,16H2,1-2H3,(H,24,26)/t22-/m0/s1. The summed E-state index contributed by atoms with van der Waals surface area (Å²) in [6, 6.07) is 22.5. The van der Waals surface area contributed by atoms with E-state index in [1.165, 1.54) is 0 Å². The molecular formula is C23H24N2O3S. The van der Waals surface area contributed by atoms with E-state index in [2.05, 4.69) is 10.0 Å². The average Bonchev–Trinajstić information content (AvgIpc) is 2.70. The lowest BCUT2D eigenvalue weighted by Gasteiger charge is -2.19. The third-order valence-corrected chi connectivity index (χ3v) is 6.04. The maximum atomic E-state index is 12.9. The van der Waals surface area contributed by atoms with Crippen molar-refractivity contribution < 1.29 is 13.2 Å². The zero-order chi connectivity index (χ0) is 20.9. The van der Waals surface area contributed by atoms with Crippen molar-refractivity contribution in [1.29, 1.82) is 0 Å². The van der Waals surface area contributed by atoms with Gasteiger partial charge in [0.25, 0.3) is 0 Å². The molecule has 0 aromatic heterocycles. The van der Waals surface area contributed by atoms with Crippen molar-refractivity contribution in [2.75, 3.05) is 5.32 Å². The second-order valence-electron chi connectivity index (χ2n) is 7.02. The normalized spacial score (nSPS) is 12.3. The molecule has 1 amide bonds. The van der Waals surface area contributed by atoms with Crippen LogP contribution >= 0.6 is 0 Å². The van der Waals surface area contributed by atoms with Crippen LogP contribution in [-0.4, -0.2) is 14.3 Å². The molecule has 0 saturated carbocycles. The molecule has 1 atom stereocenters. The van der Waals surface area contributed by atoms with Crippen molar-refractivity contribution in [3.05, 3.63) is 95.6 Å². The summed E-state index contributed by atoms with van der Waals surface area (Å²) in [4.78, 5) is 12.8. The molecule has 3 aromatic carbocycles. The Balaban J connectivity index is 1.80. The zero-order valence-corrected chi connectivity index (χ0v) is 17.2. The van der Waals surface area contributed by atoms with Gasteiger partial charge < -0.3 is 5.32 Å². The van der Waals surface area contributed by atoms with Crippen LogP contribution in [0, 0.1) is 13.8 Å². The molecule has 5 nitrogen and oxygen atoms in total. The van der Waals surface area contributed by atoms with Gasteiger partial charge in [0, 0.05) is 12.1 Å². The highest BCUT2D eigenvalue weighted by Crippen LogP contribution is 2.22. The largest absolute Gasteiger partial charge is 0.326 e. The van der Waals surface area contributed by atoms with Crippen molar-refractivity contribution in [1.82, 2.24) is 4.72 Å². The Morgan fingerprint density at radius 1 is 0.828 bits per heavy atom. The van der Waals surface area contributed by atoms with E-state index in [-0.39, 0.29) is 17.2 Å². The lowest BCUT2D eigenvalue weighted by molar-refractivity contribution is -0.116. The summed E-state index contributed by atoms with van der Waals surface area (Å²) in [7, 11) is -3.78. The van der Waals surface area contributed by atoms with Crippen LogP contribution in [0.15, 0.2) is 83.8 Å². The molecule has 0 spiro atoms. The van der Waals surface area contributed by atoms with E-state index in [1.54, 1.807) is 24.3 Å². The summed E-state index contributed by atoms with van der Waals surface area (Å²) in [6.07, 6.45) is -0.0248. The van der Waals surface area contributed by atoms with Gasteiger partial charge in [-0.3, -0.25) is 4.79 Å². The van der Waals surface area contributed by atoms with Crippen LogP contribution < -0.4 is 10.0 Å². The highest BCUT2D eigenvalue weighted by atomic mass is 32.2. The molecule has 6 heteroatoms. The highest BCUT2D eigenvalue weighted by Gasteiger charge is 2.23. The smallest absolute Gasteiger partial charge is 0.241 e. The number of hydrogen-bond donors (Lipinski definition) is 2. The lowest BCUT2D eigenvalue weighted by atomic mass is 10.0. The van der Waals surface area contributed by atoms with Crippen LogP contribution in [-0.2, 0) is 14.8 Å². The predicted octanol–water partition coefficient (Wildman–Crippen LogP) is 4.35. The number of anilines is 1. The van der Waals surface area contributed by atoms with E-state index >= 15 is 0 Å². The fourth-order valence-corrected chi connectivity index (χ4v) is 4.14.